The fourth-order valence-electron chi connectivity index (χ4n) is 8.75. The lowest BCUT2D eigenvalue weighted by atomic mass is 9.93. The summed E-state index contributed by atoms with van der Waals surface area (Å²) >= 11 is 2.03. The number of aliphatic imine (C=N–C) groups is 1. The maximum atomic E-state index is 5.50. The van der Waals surface area contributed by atoms with E-state index < -0.39 is 0 Å². The van der Waals surface area contributed by atoms with Crippen molar-refractivity contribution in [3.63, 3.8) is 0 Å². The molecule has 0 N–H and O–H groups in total. The molecule has 3 atom stereocenters. The molecule has 0 spiro atoms. The second kappa shape index (κ2) is 13.5. The van der Waals surface area contributed by atoms with E-state index >= 15 is 0 Å². The van der Waals surface area contributed by atoms with Crippen molar-refractivity contribution in [2.24, 2.45) is 10.9 Å². The molecule has 0 fully saturated rings. The zero-order valence-corrected chi connectivity index (χ0v) is 32.3. The van der Waals surface area contributed by atoms with E-state index in [0.717, 1.165) is 29.8 Å². The first kappa shape index (κ1) is 33.7. The van der Waals surface area contributed by atoms with Crippen LogP contribution >= 0.6 is 11.8 Å². The molecule has 0 saturated heterocycles. The van der Waals surface area contributed by atoms with Crippen molar-refractivity contribution >= 4 is 45.0 Å². The van der Waals surface area contributed by atoms with Gasteiger partial charge in [0.2, 0.25) is 0 Å². The number of allylic oxidation sites excluding steroid dienone is 3. The summed E-state index contributed by atoms with van der Waals surface area (Å²) in [6.45, 7) is 4.67. The Bertz CT molecular complexity index is 2720. The molecule has 0 radical (unpaired) electrons. The van der Waals surface area contributed by atoms with Gasteiger partial charge >= 0.3 is 0 Å². The molecule has 4 heteroatoms. The van der Waals surface area contributed by atoms with Crippen LogP contribution in [0.3, 0.4) is 0 Å². The van der Waals surface area contributed by atoms with Gasteiger partial charge < -0.3 is 9.47 Å². The lowest BCUT2D eigenvalue weighted by Gasteiger charge is -2.35. The van der Waals surface area contributed by atoms with Gasteiger partial charge in [-0.3, -0.25) is 4.99 Å². The molecule has 10 rings (SSSR count). The Kier molecular flexibility index (Phi) is 8.26. The maximum Gasteiger partial charge on any atom is 0.147 e. The fourth-order valence-corrected chi connectivity index (χ4v) is 10.3. The molecule has 2 aliphatic heterocycles. The number of aromatic nitrogens is 1. The molecule has 268 valence electrons. The van der Waals surface area contributed by atoms with Crippen LogP contribution in [0.5, 0.6) is 0 Å². The number of fused-ring (bicyclic) bond motifs is 5. The molecule has 6 aromatic carbocycles. The molecule has 0 amide bonds. The third-order valence-electron chi connectivity index (χ3n) is 11.7. The zero-order chi connectivity index (χ0) is 37.1. The van der Waals surface area contributed by atoms with Crippen LogP contribution in [0.2, 0.25) is 0 Å². The molecule has 1 aromatic heterocycles. The first-order valence-electron chi connectivity index (χ1n) is 19.4. The minimum atomic E-state index is -0.122. The molecule has 1 aliphatic carbocycles. The van der Waals surface area contributed by atoms with Crippen LogP contribution < -0.4 is 0 Å². The highest BCUT2D eigenvalue weighted by Crippen LogP contribution is 2.55. The summed E-state index contributed by atoms with van der Waals surface area (Å²) in [7, 11) is 2.18. The second-order valence-electron chi connectivity index (χ2n) is 15.5. The number of hydrogen-bond acceptors (Lipinski definition) is 3. The molecular formula is C51H43N3S. The van der Waals surface area contributed by atoms with Gasteiger partial charge in [0.1, 0.15) is 6.17 Å². The van der Waals surface area contributed by atoms with Gasteiger partial charge in [-0.25, -0.2) is 0 Å². The Morgan fingerprint density at radius 2 is 1.42 bits per heavy atom. The minimum absolute atomic E-state index is 0.00324. The van der Waals surface area contributed by atoms with E-state index in [2.05, 4.69) is 200 Å². The Balaban J connectivity index is 1.08. The quantitative estimate of drug-likeness (QED) is 0.170. The van der Waals surface area contributed by atoms with Gasteiger partial charge in [-0.15, -0.1) is 11.8 Å². The van der Waals surface area contributed by atoms with Gasteiger partial charge in [-0.05, 0) is 89.4 Å². The van der Waals surface area contributed by atoms with Crippen molar-refractivity contribution in [3.8, 4) is 16.8 Å². The molecule has 7 aromatic rings. The van der Waals surface area contributed by atoms with E-state index in [9.17, 15) is 0 Å². The Morgan fingerprint density at radius 1 is 0.709 bits per heavy atom. The van der Waals surface area contributed by atoms with Crippen LogP contribution in [0.15, 0.2) is 185 Å². The van der Waals surface area contributed by atoms with Crippen LogP contribution in [0.4, 0.5) is 0 Å². The monoisotopic (exact) mass is 729 g/mol. The number of para-hydroxylation sites is 1. The molecule has 0 bridgehead atoms. The maximum absolute atomic E-state index is 5.50. The summed E-state index contributed by atoms with van der Waals surface area (Å²) in [5.41, 5.74) is 14.6. The van der Waals surface area contributed by atoms with Crippen molar-refractivity contribution in [2.75, 3.05) is 7.05 Å². The van der Waals surface area contributed by atoms with Gasteiger partial charge in [0, 0.05) is 44.4 Å². The highest BCUT2D eigenvalue weighted by atomic mass is 32.2. The smallest absolute Gasteiger partial charge is 0.147 e. The summed E-state index contributed by atoms with van der Waals surface area (Å²) in [4.78, 5) is 9.24. The normalized spacial score (nSPS) is 20.7. The lowest BCUT2D eigenvalue weighted by Crippen LogP contribution is -2.35. The standard InChI is InChI=1S/C51H43N3S/c1-34-21-23-38(24-22-34)50-52-44(32-47(53(50)3)37-27-25-36(26-28-37)35-13-6-4-7-14-35)39-15-12-18-42(31-39)54-45-20-11-10-19-43(45)48-46(54)30-29-40-33-51(2,55-49(40)48)41-16-8-5-9-17-41/h4-21,23-32,34,50H,22,33H2,1-3H3. The van der Waals surface area contributed by atoms with Crippen LogP contribution in [0, 0.1) is 5.92 Å². The number of nitrogens with zero attached hydrogens (tertiary/aromatic N) is 3. The third kappa shape index (κ3) is 5.88. The number of benzene rings is 6. The Labute approximate surface area is 328 Å². The van der Waals surface area contributed by atoms with Gasteiger partial charge in [-0.1, -0.05) is 146 Å². The topological polar surface area (TPSA) is 20.5 Å². The zero-order valence-electron chi connectivity index (χ0n) is 31.5. The summed E-state index contributed by atoms with van der Waals surface area (Å²) in [6, 6.07) is 53.2. The molecule has 55 heavy (non-hydrogen) atoms. The van der Waals surface area contributed by atoms with Crippen LogP contribution in [0.25, 0.3) is 44.3 Å². The summed E-state index contributed by atoms with van der Waals surface area (Å²) in [6.07, 6.45) is 11.2. The summed E-state index contributed by atoms with van der Waals surface area (Å²) in [5, 5.41) is 2.65. The minimum Gasteiger partial charge on any atom is -0.349 e. The lowest BCUT2D eigenvalue weighted by molar-refractivity contribution is 0.399. The van der Waals surface area contributed by atoms with Crippen LogP contribution in [-0.4, -0.2) is 28.4 Å². The number of rotatable bonds is 6. The SMILES string of the molecule is CC1C=CC(C2N=C(c3cccc(-n4c5ccccc5c5c6c(ccc54)CC(C)(c4ccccc4)S6)c3)C=C(c3ccc(-c4ccccc4)cc3)N2C)=CC1. The van der Waals surface area contributed by atoms with E-state index in [-0.39, 0.29) is 10.9 Å². The van der Waals surface area contributed by atoms with Crippen molar-refractivity contribution in [1.82, 2.24) is 9.47 Å². The second-order valence-corrected chi connectivity index (χ2v) is 17.0. The first-order chi connectivity index (χ1) is 26.9. The molecule has 3 heterocycles. The van der Waals surface area contributed by atoms with Crippen molar-refractivity contribution in [3.05, 3.63) is 198 Å². The third-order valence-corrected chi connectivity index (χ3v) is 13.2. The van der Waals surface area contributed by atoms with E-state index in [4.69, 9.17) is 4.99 Å². The van der Waals surface area contributed by atoms with Gasteiger partial charge in [0.05, 0.1) is 16.7 Å². The van der Waals surface area contributed by atoms with Crippen molar-refractivity contribution < 1.29 is 0 Å². The average Bonchev–Trinajstić information content (AvgIpc) is 3.77. The summed E-state index contributed by atoms with van der Waals surface area (Å²) < 4.78 is 2.46. The molecule has 3 aliphatic rings. The fraction of sp³-hybridized carbons (Fsp3) is 0.157. The highest BCUT2D eigenvalue weighted by Gasteiger charge is 2.37. The predicted octanol–water partition coefficient (Wildman–Crippen LogP) is 12.6. The Morgan fingerprint density at radius 3 is 2.20 bits per heavy atom. The van der Waals surface area contributed by atoms with E-state index in [1.807, 2.05) is 11.8 Å². The van der Waals surface area contributed by atoms with Gasteiger partial charge in [-0.2, -0.15) is 0 Å². The van der Waals surface area contributed by atoms with Gasteiger partial charge in [0.15, 0.2) is 0 Å². The van der Waals surface area contributed by atoms with E-state index in [0.29, 0.717) is 5.92 Å². The van der Waals surface area contributed by atoms with Crippen molar-refractivity contribution in [2.45, 2.75) is 42.5 Å². The summed E-state index contributed by atoms with van der Waals surface area (Å²) in [5.74, 6) is 0.538. The first-order valence-corrected chi connectivity index (χ1v) is 20.2. The van der Waals surface area contributed by atoms with Gasteiger partial charge in [0.25, 0.3) is 0 Å². The average molecular weight is 730 g/mol. The van der Waals surface area contributed by atoms with Crippen LogP contribution in [-0.2, 0) is 11.2 Å². The van der Waals surface area contributed by atoms with E-state index in [1.54, 1.807) is 0 Å². The molecular weight excluding hydrogens is 687 g/mol. The molecule has 3 unspecified atom stereocenters. The predicted molar refractivity (Wildman–Crippen MR) is 233 cm³/mol. The highest BCUT2D eigenvalue weighted by molar-refractivity contribution is 8.00. The largest absolute Gasteiger partial charge is 0.349 e. The number of hydrogen-bond donors (Lipinski definition) is 0. The number of thioether (sulfide) groups is 1. The van der Waals surface area contributed by atoms with Crippen LogP contribution in [0.1, 0.15) is 42.5 Å². The number of likely N-dealkylation sites (N-methyl/N-ethyl adjacent to an activating group) is 1. The Hall–Kier alpha value is -5.84. The molecule has 3 nitrogen and oxygen atoms in total. The van der Waals surface area contributed by atoms with E-state index in [1.165, 1.54) is 65.8 Å². The molecule has 0 saturated carbocycles. The van der Waals surface area contributed by atoms with Crippen molar-refractivity contribution in [1.29, 1.82) is 0 Å².